The van der Waals surface area contributed by atoms with E-state index in [9.17, 15) is 0 Å². The van der Waals surface area contributed by atoms with Crippen LogP contribution in [-0.2, 0) is 0 Å². The van der Waals surface area contributed by atoms with Crippen molar-refractivity contribution in [3.8, 4) is 0 Å². The van der Waals surface area contributed by atoms with Crippen molar-refractivity contribution in [2.24, 2.45) is 0 Å². The second-order valence-electron chi connectivity index (χ2n) is 3.38. The fraction of sp³-hybridized carbons (Fsp3) is 0. The van der Waals surface area contributed by atoms with Crippen LogP contribution in [0.4, 0.5) is 11.4 Å². The molecule has 0 aliphatic carbocycles. The lowest BCUT2D eigenvalue weighted by Gasteiger charge is -2.10. The third kappa shape index (κ3) is 3.56. The molecule has 0 fully saturated rings. The maximum absolute atomic E-state index is 3.53. The summed E-state index contributed by atoms with van der Waals surface area (Å²) < 4.78 is 4.11. The Balaban J connectivity index is 2.30. The maximum Gasteiger partial charge on any atom is 0.0540 e. The molecule has 0 atom stereocenters. The molecular formula is C12H7Br4N. The number of hydrogen-bond donors (Lipinski definition) is 1. The molecule has 0 aliphatic rings. The lowest BCUT2D eigenvalue weighted by atomic mass is 10.3. The minimum atomic E-state index is 1.01. The van der Waals surface area contributed by atoms with Crippen molar-refractivity contribution in [2.45, 2.75) is 0 Å². The molecule has 5 heteroatoms. The number of anilines is 2. The molecule has 88 valence electrons. The summed E-state index contributed by atoms with van der Waals surface area (Å²) in [7, 11) is 0. The molecule has 2 aromatic rings. The van der Waals surface area contributed by atoms with E-state index in [4.69, 9.17) is 0 Å². The molecule has 1 N–H and O–H groups in total. The SMILES string of the molecule is Brc1ccc(Nc2cc(Br)c(Br)cc2Br)cc1. The minimum Gasteiger partial charge on any atom is -0.355 e. The van der Waals surface area contributed by atoms with Crippen LogP contribution in [0.1, 0.15) is 0 Å². The summed E-state index contributed by atoms with van der Waals surface area (Å²) in [5.74, 6) is 0. The Kier molecular flexibility index (Phi) is 4.69. The summed E-state index contributed by atoms with van der Waals surface area (Å²) in [6, 6.07) is 12.1. The monoisotopic (exact) mass is 481 g/mol. The molecule has 0 unspecified atom stereocenters. The fourth-order valence-corrected chi connectivity index (χ4v) is 3.01. The van der Waals surface area contributed by atoms with Gasteiger partial charge in [0.15, 0.2) is 0 Å². The standard InChI is InChI=1S/C12H7Br4N/c13-7-1-3-8(4-2-7)17-12-6-10(15)9(14)5-11(12)16/h1-6,17H. The molecule has 0 aliphatic heterocycles. The molecule has 0 saturated heterocycles. The van der Waals surface area contributed by atoms with Gasteiger partial charge in [-0.1, -0.05) is 15.9 Å². The Labute approximate surface area is 134 Å². The van der Waals surface area contributed by atoms with Crippen LogP contribution in [0.2, 0.25) is 0 Å². The molecule has 2 aromatic carbocycles. The molecule has 0 saturated carbocycles. The quantitative estimate of drug-likeness (QED) is 0.481. The topological polar surface area (TPSA) is 12.0 Å². The highest BCUT2D eigenvalue weighted by molar-refractivity contribution is 9.13. The first-order valence-electron chi connectivity index (χ1n) is 4.73. The van der Waals surface area contributed by atoms with Gasteiger partial charge in [0.2, 0.25) is 0 Å². The predicted molar refractivity (Wildman–Crippen MR) is 87.0 cm³/mol. The van der Waals surface area contributed by atoms with E-state index in [0.29, 0.717) is 0 Å². The van der Waals surface area contributed by atoms with Gasteiger partial charge >= 0.3 is 0 Å². The van der Waals surface area contributed by atoms with E-state index in [1.807, 2.05) is 36.4 Å². The third-order valence-corrected chi connectivity index (χ3v) is 5.16. The Bertz CT molecular complexity index is 537. The van der Waals surface area contributed by atoms with Crippen LogP contribution in [0, 0.1) is 0 Å². The van der Waals surface area contributed by atoms with Gasteiger partial charge in [-0.25, -0.2) is 0 Å². The Hall–Kier alpha value is 0.160. The molecule has 1 nitrogen and oxygen atoms in total. The van der Waals surface area contributed by atoms with Crippen molar-refractivity contribution in [1.29, 1.82) is 0 Å². The first-order chi connectivity index (χ1) is 8.06. The van der Waals surface area contributed by atoms with Gasteiger partial charge in [-0.3, -0.25) is 0 Å². The van der Waals surface area contributed by atoms with Gasteiger partial charge < -0.3 is 5.32 Å². The van der Waals surface area contributed by atoms with E-state index in [1.54, 1.807) is 0 Å². The maximum atomic E-state index is 3.53. The van der Waals surface area contributed by atoms with Crippen LogP contribution in [0.5, 0.6) is 0 Å². The van der Waals surface area contributed by atoms with Crippen molar-refractivity contribution in [3.63, 3.8) is 0 Å². The van der Waals surface area contributed by atoms with Gasteiger partial charge in [-0.15, -0.1) is 0 Å². The number of hydrogen-bond acceptors (Lipinski definition) is 1. The van der Waals surface area contributed by atoms with Gasteiger partial charge in [-0.05, 0) is 84.2 Å². The molecule has 2 rings (SSSR count). The van der Waals surface area contributed by atoms with Crippen molar-refractivity contribution >= 4 is 75.1 Å². The van der Waals surface area contributed by atoms with Crippen molar-refractivity contribution < 1.29 is 0 Å². The van der Waals surface area contributed by atoms with Gasteiger partial charge in [0, 0.05) is 23.6 Å². The van der Waals surface area contributed by atoms with Gasteiger partial charge in [-0.2, -0.15) is 0 Å². The fourth-order valence-electron chi connectivity index (χ4n) is 1.31. The lowest BCUT2D eigenvalue weighted by Crippen LogP contribution is -1.91. The zero-order valence-corrected chi connectivity index (χ0v) is 14.8. The highest BCUT2D eigenvalue weighted by Crippen LogP contribution is 2.34. The first kappa shape index (κ1) is 13.6. The second kappa shape index (κ2) is 5.87. The molecule has 0 heterocycles. The first-order valence-corrected chi connectivity index (χ1v) is 7.90. The zero-order valence-electron chi connectivity index (χ0n) is 8.48. The van der Waals surface area contributed by atoms with Crippen LogP contribution < -0.4 is 5.32 Å². The van der Waals surface area contributed by atoms with Gasteiger partial charge in [0.1, 0.15) is 0 Å². The smallest absolute Gasteiger partial charge is 0.0540 e. The number of rotatable bonds is 2. The van der Waals surface area contributed by atoms with E-state index in [2.05, 4.69) is 69.0 Å². The van der Waals surface area contributed by atoms with Crippen LogP contribution in [-0.4, -0.2) is 0 Å². The van der Waals surface area contributed by atoms with Crippen LogP contribution in [0.3, 0.4) is 0 Å². The Morgan fingerprint density at radius 1 is 0.706 bits per heavy atom. The average Bonchev–Trinajstić information content (AvgIpc) is 2.29. The zero-order chi connectivity index (χ0) is 12.4. The minimum absolute atomic E-state index is 1.01. The molecule has 0 bridgehead atoms. The van der Waals surface area contributed by atoms with Crippen molar-refractivity contribution in [1.82, 2.24) is 0 Å². The van der Waals surface area contributed by atoms with Gasteiger partial charge in [0.25, 0.3) is 0 Å². The summed E-state index contributed by atoms with van der Waals surface area (Å²) in [5.41, 5.74) is 2.06. The van der Waals surface area contributed by atoms with Crippen LogP contribution in [0.15, 0.2) is 54.3 Å². The molecular weight excluding hydrogens is 478 g/mol. The molecule has 17 heavy (non-hydrogen) atoms. The highest BCUT2D eigenvalue weighted by atomic mass is 79.9. The van der Waals surface area contributed by atoms with E-state index in [-0.39, 0.29) is 0 Å². The second-order valence-corrected chi connectivity index (χ2v) is 6.86. The largest absolute Gasteiger partial charge is 0.355 e. The predicted octanol–water partition coefficient (Wildman–Crippen LogP) is 6.48. The Morgan fingerprint density at radius 3 is 1.94 bits per heavy atom. The number of nitrogens with one attached hydrogen (secondary N) is 1. The van der Waals surface area contributed by atoms with Crippen molar-refractivity contribution in [2.75, 3.05) is 5.32 Å². The number of halogens is 4. The van der Waals surface area contributed by atoms with E-state index in [0.717, 1.165) is 29.3 Å². The summed E-state index contributed by atoms with van der Waals surface area (Å²) in [5, 5.41) is 3.35. The van der Waals surface area contributed by atoms with Crippen LogP contribution >= 0.6 is 63.7 Å². The highest BCUT2D eigenvalue weighted by Gasteiger charge is 2.05. The summed E-state index contributed by atoms with van der Waals surface area (Å²) >= 11 is 13.9. The van der Waals surface area contributed by atoms with Gasteiger partial charge in [0.05, 0.1) is 5.69 Å². The van der Waals surface area contributed by atoms with E-state index < -0.39 is 0 Å². The number of benzene rings is 2. The van der Waals surface area contributed by atoms with Crippen molar-refractivity contribution in [3.05, 3.63) is 54.3 Å². The van der Waals surface area contributed by atoms with Crippen LogP contribution in [0.25, 0.3) is 0 Å². The van der Waals surface area contributed by atoms with E-state index in [1.165, 1.54) is 0 Å². The molecule has 0 amide bonds. The normalized spacial score (nSPS) is 10.4. The summed E-state index contributed by atoms with van der Waals surface area (Å²) in [6.07, 6.45) is 0. The lowest BCUT2D eigenvalue weighted by molar-refractivity contribution is 1.48. The van der Waals surface area contributed by atoms with E-state index >= 15 is 0 Å². The third-order valence-electron chi connectivity index (χ3n) is 2.13. The average molecular weight is 485 g/mol. The molecule has 0 aromatic heterocycles. The molecule has 0 spiro atoms. The molecule has 0 radical (unpaired) electrons. The summed E-state index contributed by atoms with van der Waals surface area (Å²) in [6.45, 7) is 0. The Morgan fingerprint density at radius 2 is 1.29 bits per heavy atom. The summed E-state index contributed by atoms with van der Waals surface area (Å²) in [4.78, 5) is 0.